The van der Waals surface area contributed by atoms with Gasteiger partial charge in [-0.1, -0.05) is 12.2 Å². The summed E-state index contributed by atoms with van der Waals surface area (Å²) in [6.45, 7) is 3.54. The smallest absolute Gasteiger partial charge is 0.172 e. The monoisotopic (exact) mass is 168 g/mol. The van der Waals surface area contributed by atoms with Crippen LogP contribution in [0.3, 0.4) is 0 Å². The van der Waals surface area contributed by atoms with E-state index in [4.69, 9.17) is 0 Å². The molecule has 0 aromatic rings. The van der Waals surface area contributed by atoms with Crippen LogP contribution in [0.5, 0.6) is 0 Å². The number of hydrogen-bond donors (Lipinski definition) is 0. The number of allylic oxidation sites excluding steroid dienone is 3. The largest absolute Gasteiger partial charge is 0.293 e. The second-order valence-corrected chi connectivity index (χ2v) is 3.61. The van der Waals surface area contributed by atoms with Gasteiger partial charge in [0.2, 0.25) is 0 Å². The molecule has 1 aliphatic rings. The number of Topliss-reactive ketones (excluding diaryl/α,β-unsaturated/α-hetero) is 1. The van der Waals surface area contributed by atoms with Crippen LogP contribution in [0.4, 0.5) is 0 Å². The maximum atomic E-state index is 11.2. The highest BCUT2D eigenvalue weighted by molar-refractivity contribution is 8.04. The average Bonchev–Trinajstić information content (AvgIpc) is 2.07. The fraction of sp³-hybridized carbons (Fsp3) is 0.444. The third-order valence-corrected chi connectivity index (χ3v) is 2.74. The molecule has 0 bridgehead atoms. The molecule has 0 aliphatic carbocycles. The Morgan fingerprint density at radius 3 is 3.18 bits per heavy atom. The molecular formula is C9H12OS. The van der Waals surface area contributed by atoms with Crippen LogP contribution in [0.25, 0.3) is 0 Å². The van der Waals surface area contributed by atoms with Gasteiger partial charge < -0.3 is 0 Å². The molecular weight excluding hydrogens is 156 g/mol. The van der Waals surface area contributed by atoms with Crippen LogP contribution in [0.2, 0.25) is 0 Å². The Hall–Kier alpha value is -0.500. The Bertz CT molecular complexity index is 194. The predicted molar refractivity (Wildman–Crippen MR) is 49.6 cm³/mol. The summed E-state index contributed by atoms with van der Waals surface area (Å²) in [4.78, 5) is 12.2. The second kappa shape index (κ2) is 4.39. The van der Waals surface area contributed by atoms with E-state index < -0.39 is 0 Å². The highest BCUT2D eigenvalue weighted by Crippen LogP contribution is 2.25. The summed E-state index contributed by atoms with van der Waals surface area (Å²) in [5.74, 6) is 1.32. The van der Waals surface area contributed by atoms with Crippen LogP contribution in [0.15, 0.2) is 23.6 Å². The Balaban J connectivity index is 2.50. The molecule has 1 aliphatic heterocycles. The van der Waals surface area contributed by atoms with Crippen LogP contribution in [0.1, 0.15) is 19.3 Å². The number of thioether (sulfide) groups is 1. The number of rotatable bonds is 3. The number of carbonyl (C=O) groups excluding carboxylic acids is 1. The van der Waals surface area contributed by atoms with E-state index in [1.807, 2.05) is 6.08 Å². The summed E-state index contributed by atoms with van der Waals surface area (Å²) in [6, 6.07) is 0. The molecule has 0 aromatic carbocycles. The van der Waals surface area contributed by atoms with E-state index in [1.165, 1.54) is 6.42 Å². The fourth-order valence-electron chi connectivity index (χ4n) is 0.984. The summed E-state index contributed by atoms with van der Waals surface area (Å²) in [6.07, 6.45) is 6.46. The molecule has 0 saturated heterocycles. The topological polar surface area (TPSA) is 17.1 Å². The molecule has 0 spiro atoms. The summed E-state index contributed by atoms with van der Waals surface area (Å²) in [5, 5.41) is 0. The first-order chi connectivity index (χ1) is 5.34. The van der Waals surface area contributed by atoms with Crippen molar-refractivity contribution >= 4 is 17.5 Å². The zero-order valence-corrected chi connectivity index (χ0v) is 7.32. The van der Waals surface area contributed by atoms with E-state index in [2.05, 4.69) is 6.58 Å². The average molecular weight is 168 g/mol. The summed E-state index contributed by atoms with van der Waals surface area (Å²) >= 11 is 1.68. The van der Waals surface area contributed by atoms with Crippen molar-refractivity contribution in [2.75, 3.05) is 5.75 Å². The Kier molecular flexibility index (Phi) is 3.43. The van der Waals surface area contributed by atoms with Crippen molar-refractivity contribution in [2.45, 2.75) is 19.3 Å². The molecule has 0 N–H and O–H groups in total. The molecule has 1 nitrogen and oxygen atoms in total. The quantitative estimate of drug-likeness (QED) is 0.602. The van der Waals surface area contributed by atoms with Gasteiger partial charge in [-0.15, -0.1) is 18.3 Å². The molecule has 0 fully saturated rings. The summed E-state index contributed by atoms with van der Waals surface area (Å²) in [7, 11) is 0. The van der Waals surface area contributed by atoms with Gasteiger partial charge in [-0.3, -0.25) is 4.79 Å². The molecule has 0 unspecified atom stereocenters. The van der Waals surface area contributed by atoms with E-state index in [0.29, 0.717) is 6.42 Å². The molecule has 0 amide bonds. The minimum Gasteiger partial charge on any atom is -0.293 e. The summed E-state index contributed by atoms with van der Waals surface area (Å²) in [5.41, 5.74) is 0. The van der Waals surface area contributed by atoms with E-state index in [-0.39, 0.29) is 5.78 Å². The van der Waals surface area contributed by atoms with Gasteiger partial charge in [0.05, 0.1) is 0 Å². The van der Waals surface area contributed by atoms with Crippen molar-refractivity contribution < 1.29 is 4.79 Å². The predicted octanol–water partition coefficient (Wildman–Crippen LogP) is 2.54. The molecule has 60 valence electrons. The molecule has 0 saturated carbocycles. The fourth-order valence-corrected chi connectivity index (χ4v) is 1.99. The standard InChI is InChI=1S/C9H12OS/c1-2-5-8(10)9-6-3-4-7-11-9/h2,6H,1,3-5,7H2. The van der Waals surface area contributed by atoms with Crippen LogP contribution < -0.4 is 0 Å². The van der Waals surface area contributed by atoms with Crippen molar-refractivity contribution in [3.63, 3.8) is 0 Å². The Morgan fingerprint density at radius 2 is 2.64 bits per heavy atom. The SMILES string of the molecule is C=CCC(=O)C1=CCCCS1. The zero-order valence-electron chi connectivity index (χ0n) is 6.51. The first-order valence-corrected chi connectivity index (χ1v) is 4.80. The van der Waals surface area contributed by atoms with Gasteiger partial charge in [0, 0.05) is 11.3 Å². The molecule has 0 radical (unpaired) electrons. The van der Waals surface area contributed by atoms with Gasteiger partial charge >= 0.3 is 0 Å². The second-order valence-electron chi connectivity index (χ2n) is 2.48. The van der Waals surface area contributed by atoms with Crippen molar-refractivity contribution in [2.24, 2.45) is 0 Å². The highest BCUT2D eigenvalue weighted by atomic mass is 32.2. The minimum absolute atomic E-state index is 0.227. The lowest BCUT2D eigenvalue weighted by Gasteiger charge is -2.09. The zero-order chi connectivity index (χ0) is 8.10. The highest BCUT2D eigenvalue weighted by Gasteiger charge is 2.10. The number of hydrogen-bond acceptors (Lipinski definition) is 2. The van der Waals surface area contributed by atoms with Gasteiger partial charge in [0.25, 0.3) is 0 Å². The first kappa shape index (κ1) is 8.60. The Labute approximate surface area is 71.6 Å². The lowest BCUT2D eigenvalue weighted by atomic mass is 10.2. The maximum Gasteiger partial charge on any atom is 0.172 e. The molecule has 2 heteroatoms. The molecule has 11 heavy (non-hydrogen) atoms. The maximum absolute atomic E-state index is 11.2. The lowest BCUT2D eigenvalue weighted by Crippen LogP contribution is -2.01. The van der Waals surface area contributed by atoms with E-state index in [1.54, 1.807) is 17.8 Å². The van der Waals surface area contributed by atoms with Gasteiger partial charge in [-0.05, 0) is 18.6 Å². The first-order valence-electron chi connectivity index (χ1n) is 3.81. The lowest BCUT2D eigenvalue weighted by molar-refractivity contribution is -0.114. The van der Waals surface area contributed by atoms with Crippen LogP contribution >= 0.6 is 11.8 Å². The number of ketones is 1. The summed E-state index contributed by atoms with van der Waals surface area (Å²) < 4.78 is 0. The molecule has 1 heterocycles. The molecule has 0 aromatic heterocycles. The van der Waals surface area contributed by atoms with Crippen LogP contribution in [-0.2, 0) is 4.79 Å². The third-order valence-electron chi connectivity index (χ3n) is 1.54. The molecule has 0 atom stereocenters. The van der Waals surface area contributed by atoms with Crippen molar-refractivity contribution in [1.29, 1.82) is 0 Å². The Morgan fingerprint density at radius 1 is 1.82 bits per heavy atom. The normalized spacial score (nSPS) is 17.3. The van der Waals surface area contributed by atoms with Gasteiger partial charge in [-0.25, -0.2) is 0 Å². The van der Waals surface area contributed by atoms with Crippen molar-refractivity contribution in [3.8, 4) is 0 Å². The third kappa shape index (κ3) is 2.54. The minimum atomic E-state index is 0.227. The van der Waals surface area contributed by atoms with E-state index >= 15 is 0 Å². The van der Waals surface area contributed by atoms with Gasteiger partial charge in [0.1, 0.15) is 0 Å². The van der Waals surface area contributed by atoms with E-state index in [9.17, 15) is 4.79 Å². The molecule has 1 rings (SSSR count). The van der Waals surface area contributed by atoms with Crippen molar-refractivity contribution in [3.05, 3.63) is 23.6 Å². The van der Waals surface area contributed by atoms with Crippen molar-refractivity contribution in [1.82, 2.24) is 0 Å². The van der Waals surface area contributed by atoms with Crippen LogP contribution in [0, 0.1) is 0 Å². The van der Waals surface area contributed by atoms with Crippen LogP contribution in [-0.4, -0.2) is 11.5 Å². The van der Waals surface area contributed by atoms with Gasteiger partial charge in [0.15, 0.2) is 5.78 Å². The van der Waals surface area contributed by atoms with E-state index in [0.717, 1.165) is 17.1 Å². The number of carbonyl (C=O) groups is 1. The van der Waals surface area contributed by atoms with Gasteiger partial charge in [-0.2, -0.15) is 0 Å².